The average Bonchev–Trinajstić information content (AvgIpc) is 3.38. The van der Waals surface area contributed by atoms with Gasteiger partial charge in [-0.05, 0) is 48.6 Å². The third-order valence-corrected chi connectivity index (χ3v) is 7.67. The minimum atomic E-state index is -1.45. The number of nitrogens with zero attached hydrogens (tertiary/aromatic N) is 4. The monoisotopic (exact) mass is 509 g/mol. The maximum Gasteiger partial charge on any atom is 0.332 e. The smallest absolute Gasteiger partial charge is 0.332 e. The number of rotatable bonds is 4. The Balaban J connectivity index is 1.55. The van der Waals surface area contributed by atoms with Crippen molar-refractivity contribution < 1.29 is 33.5 Å². The van der Waals surface area contributed by atoms with Crippen LogP contribution in [0.1, 0.15) is 24.0 Å². The molecule has 0 bridgehead atoms. The molecule has 12 heteroatoms. The van der Waals surface area contributed by atoms with Crippen molar-refractivity contribution >= 4 is 47.5 Å². The zero-order chi connectivity index (χ0) is 26.6. The van der Waals surface area contributed by atoms with Gasteiger partial charge in [0.2, 0.25) is 11.8 Å². The molecule has 4 heterocycles. The van der Waals surface area contributed by atoms with Gasteiger partial charge in [-0.25, -0.2) is 9.59 Å². The van der Waals surface area contributed by atoms with E-state index in [9.17, 15) is 28.8 Å². The number of ether oxygens (including phenoxy) is 1. The summed E-state index contributed by atoms with van der Waals surface area (Å²) in [7, 11) is 4.20. The second-order valence-corrected chi connectivity index (χ2v) is 9.67. The molecule has 5 rings (SSSR count). The van der Waals surface area contributed by atoms with E-state index in [0.717, 1.165) is 26.8 Å². The first-order valence-corrected chi connectivity index (χ1v) is 12.0. The normalized spacial score (nSPS) is 24.3. The molecule has 4 aliphatic heterocycles. The fourth-order valence-electron chi connectivity index (χ4n) is 5.87. The van der Waals surface area contributed by atoms with Gasteiger partial charge in [0, 0.05) is 33.4 Å². The van der Waals surface area contributed by atoms with Gasteiger partial charge in [0.15, 0.2) is 5.41 Å². The highest BCUT2D eigenvalue weighted by atomic mass is 16.5. The van der Waals surface area contributed by atoms with Gasteiger partial charge in [-0.15, -0.1) is 0 Å². The quantitative estimate of drug-likeness (QED) is 0.349. The fraction of sp³-hybridized carbons (Fsp3) is 0.440. The van der Waals surface area contributed by atoms with Crippen molar-refractivity contribution in [1.82, 2.24) is 20.0 Å². The number of anilines is 1. The van der Waals surface area contributed by atoms with Crippen LogP contribution in [-0.4, -0.2) is 97.3 Å². The van der Waals surface area contributed by atoms with Gasteiger partial charge < -0.3 is 9.64 Å². The molecule has 0 radical (unpaired) electrons. The van der Waals surface area contributed by atoms with Gasteiger partial charge in [-0.3, -0.25) is 39.2 Å². The largest absolute Gasteiger partial charge is 0.383 e. The molecule has 1 aromatic rings. The Morgan fingerprint density at radius 2 is 1.78 bits per heavy atom. The number of imide groups is 4. The number of hydrogen-bond donors (Lipinski definition) is 1. The lowest BCUT2D eigenvalue weighted by Crippen LogP contribution is -2.70. The summed E-state index contributed by atoms with van der Waals surface area (Å²) in [5.74, 6) is -2.60. The maximum absolute atomic E-state index is 13.5. The Kier molecular flexibility index (Phi) is 5.86. The summed E-state index contributed by atoms with van der Waals surface area (Å²) in [4.78, 5) is 82.0. The van der Waals surface area contributed by atoms with Crippen LogP contribution in [0.25, 0.3) is 6.08 Å². The first-order chi connectivity index (χ1) is 17.6. The van der Waals surface area contributed by atoms with E-state index in [-0.39, 0.29) is 31.2 Å². The number of methoxy groups -OCH3 is 1. The van der Waals surface area contributed by atoms with Gasteiger partial charge in [0.05, 0.1) is 19.2 Å². The number of benzene rings is 1. The van der Waals surface area contributed by atoms with Crippen LogP contribution in [0.15, 0.2) is 23.8 Å². The predicted octanol–water partition coefficient (Wildman–Crippen LogP) is 0.357. The molecule has 194 valence electrons. The minimum Gasteiger partial charge on any atom is -0.383 e. The molecule has 3 saturated heterocycles. The van der Waals surface area contributed by atoms with E-state index >= 15 is 0 Å². The SMILES string of the molecule is COCCN1C(=O)NC(=O)/C(=C/c2ccc3c(c2)CC2(C(=O)N(C)C(=O)N(C)C2=O)C2CCCN32)C1=O. The summed E-state index contributed by atoms with van der Waals surface area (Å²) >= 11 is 0. The maximum atomic E-state index is 13.5. The molecule has 4 aliphatic rings. The number of barbiturate groups is 2. The molecule has 37 heavy (non-hydrogen) atoms. The Bertz CT molecular complexity index is 1260. The van der Waals surface area contributed by atoms with E-state index in [1.807, 2.05) is 11.0 Å². The Morgan fingerprint density at radius 3 is 2.46 bits per heavy atom. The van der Waals surface area contributed by atoms with Crippen LogP contribution in [-0.2, 0) is 30.3 Å². The molecule has 8 amide bonds. The van der Waals surface area contributed by atoms with E-state index in [1.165, 1.54) is 27.3 Å². The van der Waals surface area contributed by atoms with Crippen LogP contribution in [0.2, 0.25) is 0 Å². The van der Waals surface area contributed by atoms with Crippen LogP contribution in [0.5, 0.6) is 0 Å². The fourth-order valence-corrected chi connectivity index (χ4v) is 5.87. The summed E-state index contributed by atoms with van der Waals surface area (Å²) in [6, 6.07) is 3.49. The van der Waals surface area contributed by atoms with Crippen LogP contribution < -0.4 is 10.2 Å². The van der Waals surface area contributed by atoms with Crippen molar-refractivity contribution in [2.24, 2.45) is 5.41 Å². The molecule has 1 spiro atoms. The molecule has 0 aliphatic carbocycles. The van der Waals surface area contributed by atoms with E-state index < -0.39 is 41.1 Å². The highest BCUT2D eigenvalue weighted by Crippen LogP contribution is 2.49. The summed E-state index contributed by atoms with van der Waals surface area (Å²) in [6.45, 7) is 0.754. The zero-order valence-corrected chi connectivity index (χ0v) is 20.8. The third-order valence-electron chi connectivity index (χ3n) is 7.67. The molecule has 1 atom stereocenters. The molecule has 1 N–H and O–H groups in total. The Hall–Kier alpha value is -4.06. The molecule has 1 unspecified atom stereocenters. The first-order valence-electron chi connectivity index (χ1n) is 12.0. The summed E-state index contributed by atoms with van der Waals surface area (Å²) in [6.07, 6.45) is 2.90. The molecule has 3 fully saturated rings. The molecule has 1 aromatic carbocycles. The van der Waals surface area contributed by atoms with Gasteiger partial charge in [-0.1, -0.05) is 6.07 Å². The number of hydrogen-bond acceptors (Lipinski definition) is 8. The molecular formula is C25H27N5O7. The van der Waals surface area contributed by atoms with Gasteiger partial charge in [0.1, 0.15) is 5.57 Å². The van der Waals surface area contributed by atoms with Gasteiger partial charge >= 0.3 is 12.1 Å². The van der Waals surface area contributed by atoms with Gasteiger partial charge in [0.25, 0.3) is 11.8 Å². The van der Waals surface area contributed by atoms with Crippen molar-refractivity contribution in [3.05, 3.63) is 34.9 Å². The van der Waals surface area contributed by atoms with E-state index in [2.05, 4.69) is 5.32 Å². The van der Waals surface area contributed by atoms with Crippen molar-refractivity contribution in [1.29, 1.82) is 0 Å². The topological polar surface area (TPSA) is 137 Å². The van der Waals surface area contributed by atoms with E-state index in [1.54, 1.807) is 12.1 Å². The standard InChI is InChI=1S/C25H27N5O7/c1-27-21(33)25(22(34)28(2)24(27)36)13-15-11-14(6-7-17(15)29-8-4-5-18(25)29)12-16-19(31)26-23(35)30(20(16)32)9-10-37-3/h6-7,11-12,18H,4-5,8-10,13H2,1-3H3,(H,26,31,35)/b16-12-. The summed E-state index contributed by atoms with van der Waals surface area (Å²) < 4.78 is 4.95. The van der Waals surface area contributed by atoms with Crippen molar-refractivity contribution in [2.45, 2.75) is 25.3 Å². The Morgan fingerprint density at radius 1 is 1.08 bits per heavy atom. The van der Waals surface area contributed by atoms with Gasteiger partial charge in [-0.2, -0.15) is 0 Å². The lowest BCUT2D eigenvalue weighted by Gasteiger charge is -2.50. The number of nitrogens with one attached hydrogen (secondary N) is 1. The van der Waals surface area contributed by atoms with Crippen LogP contribution in [0.3, 0.4) is 0 Å². The second-order valence-electron chi connectivity index (χ2n) is 9.67. The third kappa shape index (κ3) is 3.54. The summed E-state index contributed by atoms with van der Waals surface area (Å²) in [5.41, 5.74) is 0.402. The van der Waals surface area contributed by atoms with E-state index in [4.69, 9.17) is 4.74 Å². The molecule has 12 nitrogen and oxygen atoms in total. The highest BCUT2D eigenvalue weighted by molar-refractivity contribution is 6.31. The van der Waals surface area contributed by atoms with Crippen LogP contribution in [0, 0.1) is 5.41 Å². The second kappa shape index (κ2) is 8.80. The number of urea groups is 2. The predicted molar refractivity (Wildman–Crippen MR) is 129 cm³/mol. The van der Waals surface area contributed by atoms with Crippen molar-refractivity contribution in [3.8, 4) is 0 Å². The van der Waals surface area contributed by atoms with Crippen molar-refractivity contribution in [3.63, 3.8) is 0 Å². The van der Waals surface area contributed by atoms with Crippen molar-refractivity contribution in [2.75, 3.05) is 45.8 Å². The van der Waals surface area contributed by atoms with Crippen LogP contribution in [0.4, 0.5) is 15.3 Å². The summed E-state index contributed by atoms with van der Waals surface area (Å²) in [5, 5.41) is 2.17. The number of amides is 8. The zero-order valence-electron chi connectivity index (χ0n) is 20.8. The molecule has 0 saturated carbocycles. The lowest BCUT2D eigenvalue weighted by atomic mass is 9.68. The Labute approximate surface area is 212 Å². The molecule has 0 aromatic heterocycles. The lowest BCUT2D eigenvalue weighted by molar-refractivity contribution is -0.159. The highest BCUT2D eigenvalue weighted by Gasteiger charge is 2.63. The number of carbonyl (C=O) groups is 6. The number of fused-ring (bicyclic) bond motifs is 4. The van der Waals surface area contributed by atoms with E-state index in [0.29, 0.717) is 24.1 Å². The first kappa shape index (κ1) is 24.6. The number of carbonyl (C=O) groups excluding carboxylic acids is 6. The van der Waals surface area contributed by atoms with Crippen LogP contribution >= 0.6 is 0 Å². The molecular weight excluding hydrogens is 482 g/mol. The minimum absolute atomic E-state index is 0.0151. The average molecular weight is 510 g/mol.